The predicted molar refractivity (Wildman–Crippen MR) is 89.2 cm³/mol. The number of allylic oxidation sites excluding steroid dienone is 2. The zero-order valence-electron chi connectivity index (χ0n) is 12.9. The van der Waals surface area contributed by atoms with Gasteiger partial charge in [0.15, 0.2) is 0 Å². The maximum Gasteiger partial charge on any atom is 0.251 e. The molecule has 0 saturated heterocycles. The fourth-order valence-corrected chi connectivity index (χ4v) is 2.58. The summed E-state index contributed by atoms with van der Waals surface area (Å²) in [6.07, 6.45) is 6.66. The summed E-state index contributed by atoms with van der Waals surface area (Å²) in [5.41, 5.74) is 0.958. The lowest BCUT2D eigenvalue weighted by molar-refractivity contribution is -0.116. The molecular weight excluding hydrogens is 300 g/mol. The average molecular weight is 321 g/mol. The molecule has 2 rings (SSSR count). The molecule has 0 bridgehead atoms. The number of nitrogens with one attached hydrogen (secondary N) is 2. The molecule has 1 aliphatic rings. The van der Waals surface area contributed by atoms with Gasteiger partial charge in [-0.25, -0.2) is 0 Å². The first-order valence-corrected chi connectivity index (χ1v) is 7.90. The zero-order valence-corrected chi connectivity index (χ0v) is 13.6. The summed E-state index contributed by atoms with van der Waals surface area (Å²) in [5.74, 6) is 0.0342. The van der Waals surface area contributed by atoms with Crippen LogP contribution in [-0.4, -0.2) is 17.9 Å². The smallest absolute Gasteiger partial charge is 0.251 e. The van der Waals surface area contributed by atoms with Gasteiger partial charge in [0.1, 0.15) is 0 Å². The highest BCUT2D eigenvalue weighted by Crippen LogP contribution is 2.25. The summed E-state index contributed by atoms with van der Waals surface area (Å²) in [4.78, 5) is 24.1. The molecule has 0 aliphatic heterocycles. The molecule has 0 spiro atoms. The van der Waals surface area contributed by atoms with E-state index >= 15 is 0 Å². The lowest BCUT2D eigenvalue weighted by atomic mass is 10.0. The average Bonchev–Trinajstić information content (AvgIpc) is 2.93. The Morgan fingerprint density at radius 3 is 2.77 bits per heavy atom. The monoisotopic (exact) mass is 320 g/mol. The minimum atomic E-state index is -0.180. The minimum Gasteiger partial charge on any atom is -0.350 e. The lowest BCUT2D eigenvalue weighted by Crippen LogP contribution is -2.30. The van der Waals surface area contributed by atoms with Crippen LogP contribution in [-0.2, 0) is 4.79 Å². The fourth-order valence-electron chi connectivity index (χ4n) is 2.41. The van der Waals surface area contributed by atoms with E-state index in [9.17, 15) is 9.59 Å². The van der Waals surface area contributed by atoms with Gasteiger partial charge in [-0.05, 0) is 50.8 Å². The Morgan fingerprint density at radius 2 is 2.14 bits per heavy atom. The SMILES string of the molecule is CC(C)NC(=O)c1ccc(Cl)c(NC(=O)C[C@H]2C=CCC2)c1. The van der Waals surface area contributed by atoms with Gasteiger partial charge < -0.3 is 10.6 Å². The van der Waals surface area contributed by atoms with E-state index in [1.54, 1.807) is 18.2 Å². The highest BCUT2D eigenvalue weighted by Gasteiger charge is 2.16. The van der Waals surface area contributed by atoms with Gasteiger partial charge in [0.2, 0.25) is 5.91 Å². The van der Waals surface area contributed by atoms with Crippen molar-refractivity contribution in [2.24, 2.45) is 5.92 Å². The number of hydrogen-bond acceptors (Lipinski definition) is 2. The summed E-state index contributed by atoms with van der Waals surface area (Å²) in [6.45, 7) is 3.79. The van der Waals surface area contributed by atoms with Crippen molar-refractivity contribution in [3.63, 3.8) is 0 Å². The topological polar surface area (TPSA) is 58.2 Å². The second-order valence-electron chi connectivity index (χ2n) is 5.84. The molecule has 118 valence electrons. The van der Waals surface area contributed by atoms with Crippen LogP contribution in [0.3, 0.4) is 0 Å². The molecular formula is C17H21ClN2O2. The normalized spacial score (nSPS) is 16.8. The van der Waals surface area contributed by atoms with Crippen molar-refractivity contribution in [3.05, 3.63) is 40.9 Å². The number of rotatable bonds is 5. The standard InChI is InChI=1S/C17H21ClN2O2/c1-11(2)19-17(22)13-7-8-14(18)15(10-13)20-16(21)9-12-5-3-4-6-12/h3,5,7-8,10-12H,4,6,9H2,1-2H3,(H,19,22)(H,20,21)/t12-/m0/s1. The van der Waals surface area contributed by atoms with Crippen molar-refractivity contribution < 1.29 is 9.59 Å². The number of carbonyl (C=O) groups is 2. The van der Waals surface area contributed by atoms with E-state index in [4.69, 9.17) is 11.6 Å². The molecule has 0 saturated carbocycles. The molecule has 22 heavy (non-hydrogen) atoms. The van der Waals surface area contributed by atoms with E-state index < -0.39 is 0 Å². The number of carbonyl (C=O) groups excluding carboxylic acids is 2. The maximum atomic E-state index is 12.1. The summed E-state index contributed by atoms with van der Waals surface area (Å²) >= 11 is 6.11. The molecule has 2 N–H and O–H groups in total. The van der Waals surface area contributed by atoms with Gasteiger partial charge in [0.05, 0.1) is 10.7 Å². The van der Waals surface area contributed by atoms with Gasteiger partial charge in [-0.3, -0.25) is 9.59 Å². The third-order valence-corrected chi connectivity index (χ3v) is 3.81. The summed E-state index contributed by atoms with van der Waals surface area (Å²) < 4.78 is 0. The van der Waals surface area contributed by atoms with Crippen LogP contribution in [0.5, 0.6) is 0 Å². The number of anilines is 1. The van der Waals surface area contributed by atoms with Crippen LogP contribution in [0.25, 0.3) is 0 Å². The second kappa shape index (κ2) is 7.45. The van der Waals surface area contributed by atoms with Crippen LogP contribution >= 0.6 is 11.6 Å². The van der Waals surface area contributed by atoms with Crippen molar-refractivity contribution in [1.82, 2.24) is 5.32 Å². The van der Waals surface area contributed by atoms with Gasteiger partial charge in [-0.1, -0.05) is 23.8 Å². The van der Waals surface area contributed by atoms with Gasteiger partial charge >= 0.3 is 0 Å². The summed E-state index contributed by atoms with van der Waals surface area (Å²) in [7, 11) is 0. The Kier molecular flexibility index (Phi) is 5.61. The van der Waals surface area contributed by atoms with E-state index in [0.29, 0.717) is 28.6 Å². The molecule has 1 aromatic rings. The number of benzene rings is 1. The van der Waals surface area contributed by atoms with E-state index in [2.05, 4.69) is 22.8 Å². The number of halogens is 1. The van der Waals surface area contributed by atoms with Crippen molar-refractivity contribution in [1.29, 1.82) is 0 Å². The zero-order chi connectivity index (χ0) is 16.1. The van der Waals surface area contributed by atoms with Crippen LogP contribution in [0.15, 0.2) is 30.4 Å². The maximum absolute atomic E-state index is 12.1. The molecule has 0 radical (unpaired) electrons. The van der Waals surface area contributed by atoms with E-state index in [1.165, 1.54) is 0 Å². The molecule has 0 heterocycles. The first-order valence-electron chi connectivity index (χ1n) is 7.52. The quantitative estimate of drug-likeness (QED) is 0.811. The van der Waals surface area contributed by atoms with Crippen LogP contribution in [0, 0.1) is 5.92 Å². The molecule has 0 aromatic heterocycles. The summed E-state index contributed by atoms with van der Waals surface area (Å²) in [6, 6.07) is 4.94. The molecule has 4 nitrogen and oxygen atoms in total. The molecule has 0 fully saturated rings. The molecule has 1 aromatic carbocycles. The van der Waals surface area contributed by atoms with E-state index in [1.807, 2.05) is 13.8 Å². The van der Waals surface area contributed by atoms with Gasteiger partial charge in [0, 0.05) is 18.0 Å². The largest absolute Gasteiger partial charge is 0.350 e. The van der Waals surface area contributed by atoms with Crippen molar-refractivity contribution in [3.8, 4) is 0 Å². The Bertz CT molecular complexity index is 596. The molecule has 5 heteroatoms. The van der Waals surface area contributed by atoms with Crippen molar-refractivity contribution >= 4 is 29.1 Å². The number of hydrogen-bond donors (Lipinski definition) is 2. The van der Waals surface area contributed by atoms with E-state index in [0.717, 1.165) is 12.8 Å². The Balaban J connectivity index is 2.04. The summed E-state index contributed by atoms with van der Waals surface area (Å²) in [5, 5.41) is 6.04. The van der Waals surface area contributed by atoms with Gasteiger partial charge in [0.25, 0.3) is 5.91 Å². The first kappa shape index (κ1) is 16.6. The number of amides is 2. The third kappa shape index (κ3) is 4.60. The first-order chi connectivity index (χ1) is 10.5. The van der Waals surface area contributed by atoms with E-state index in [-0.39, 0.29) is 17.9 Å². The molecule has 1 aliphatic carbocycles. The predicted octanol–water partition coefficient (Wildman–Crippen LogP) is 3.77. The highest BCUT2D eigenvalue weighted by atomic mass is 35.5. The second-order valence-corrected chi connectivity index (χ2v) is 6.25. The van der Waals surface area contributed by atoms with Crippen LogP contribution in [0.2, 0.25) is 5.02 Å². The van der Waals surface area contributed by atoms with Crippen LogP contribution in [0.4, 0.5) is 5.69 Å². The minimum absolute atomic E-state index is 0.0513. The highest BCUT2D eigenvalue weighted by molar-refractivity contribution is 6.33. The van der Waals surface area contributed by atoms with Crippen LogP contribution in [0.1, 0.15) is 43.5 Å². The lowest BCUT2D eigenvalue weighted by Gasteiger charge is -2.12. The Morgan fingerprint density at radius 1 is 1.36 bits per heavy atom. The molecule has 2 amide bonds. The molecule has 0 unspecified atom stereocenters. The van der Waals surface area contributed by atoms with Crippen molar-refractivity contribution in [2.45, 2.75) is 39.2 Å². The van der Waals surface area contributed by atoms with Crippen molar-refractivity contribution in [2.75, 3.05) is 5.32 Å². The Labute approximate surface area is 135 Å². The van der Waals surface area contributed by atoms with Crippen LogP contribution < -0.4 is 10.6 Å². The third-order valence-electron chi connectivity index (χ3n) is 3.48. The van der Waals surface area contributed by atoms with Gasteiger partial charge in [-0.15, -0.1) is 0 Å². The fraction of sp³-hybridized carbons (Fsp3) is 0.412. The Hall–Kier alpha value is -1.81. The molecule has 1 atom stereocenters. The van der Waals surface area contributed by atoms with Gasteiger partial charge in [-0.2, -0.15) is 0 Å².